The zero-order chi connectivity index (χ0) is 12.5. The van der Waals surface area contributed by atoms with Gasteiger partial charge >= 0.3 is 0 Å². The highest BCUT2D eigenvalue weighted by Crippen LogP contribution is 2.23. The number of nitrogens with zero attached hydrogens (tertiary/aromatic N) is 1. The Balaban J connectivity index is 2.00. The van der Waals surface area contributed by atoms with E-state index in [1.807, 2.05) is 12.1 Å². The molecule has 2 aromatic rings. The van der Waals surface area contributed by atoms with Gasteiger partial charge in [0.25, 0.3) is 0 Å². The van der Waals surface area contributed by atoms with Crippen LogP contribution in [-0.2, 0) is 11.3 Å². The Kier molecular flexibility index (Phi) is 3.09. The highest BCUT2D eigenvalue weighted by Gasteiger charge is 2.17. The Hall–Kier alpha value is -1.33. The molecule has 18 heavy (non-hydrogen) atoms. The first-order chi connectivity index (χ1) is 8.78. The summed E-state index contributed by atoms with van der Waals surface area (Å²) in [5.41, 5.74) is 2.16. The van der Waals surface area contributed by atoms with E-state index in [1.54, 1.807) is 7.11 Å². The number of hydrogen-bond acceptors (Lipinski definition) is 3. The van der Waals surface area contributed by atoms with E-state index in [2.05, 4.69) is 15.6 Å². The molecule has 1 aliphatic heterocycles. The molecule has 0 bridgehead atoms. The van der Waals surface area contributed by atoms with Crippen molar-refractivity contribution in [1.82, 2.24) is 9.55 Å². The topological polar surface area (TPSA) is 39.2 Å². The summed E-state index contributed by atoms with van der Waals surface area (Å²) in [6.07, 6.45) is 1.12. The van der Waals surface area contributed by atoms with Gasteiger partial charge in [-0.3, -0.25) is 0 Å². The van der Waals surface area contributed by atoms with Gasteiger partial charge in [0.1, 0.15) is 5.75 Å². The van der Waals surface area contributed by atoms with Crippen LogP contribution in [0.15, 0.2) is 18.2 Å². The fourth-order valence-electron chi connectivity index (χ4n) is 2.44. The molecule has 4 nitrogen and oxygen atoms in total. The Morgan fingerprint density at radius 1 is 1.56 bits per heavy atom. The summed E-state index contributed by atoms with van der Waals surface area (Å²) in [7, 11) is 1.67. The number of rotatable bonds is 3. The molecule has 5 heteroatoms. The molecule has 1 saturated heterocycles. The van der Waals surface area contributed by atoms with E-state index in [9.17, 15) is 0 Å². The molecule has 2 heterocycles. The van der Waals surface area contributed by atoms with Crippen LogP contribution in [0.2, 0.25) is 0 Å². The van der Waals surface area contributed by atoms with Gasteiger partial charge < -0.3 is 19.0 Å². The van der Waals surface area contributed by atoms with Crippen molar-refractivity contribution in [2.75, 3.05) is 20.3 Å². The average Bonchev–Trinajstić information content (AvgIpc) is 2.98. The Bertz CT molecular complexity index is 611. The van der Waals surface area contributed by atoms with Crippen LogP contribution in [0.4, 0.5) is 0 Å². The van der Waals surface area contributed by atoms with Crippen molar-refractivity contribution in [3.63, 3.8) is 0 Å². The quantitative estimate of drug-likeness (QED) is 0.866. The summed E-state index contributed by atoms with van der Waals surface area (Å²) < 4.78 is 13.6. The SMILES string of the molecule is COc1ccc2c(c1)[nH]c(=S)n2CC1CCOC1. The molecule has 1 aromatic carbocycles. The minimum Gasteiger partial charge on any atom is -0.497 e. The summed E-state index contributed by atoms with van der Waals surface area (Å²) in [5.74, 6) is 1.41. The smallest absolute Gasteiger partial charge is 0.178 e. The van der Waals surface area contributed by atoms with Crippen molar-refractivity contribution in [2.24, 2.45) is 5.92 Å². The number of aromatic nitrogens is 2. The zero-order valence-corrected chi connectivity index (χ0v) is 11.1. The molecule has 96 valence electrons. The van der Waals surface area contributed by atoms with Gasteiger partial charge in [-0.25, -0.2) is 0 Å². The van der Waals surface area contributed by atoms with E-state index < -0.39 is 0 Å². The number of H-pyrrole nitrogens is 1. The summed E-state index contributed by atoms with van der Waals surface area (Å²) in [4.78, 5) is 3.23. The van der Waals surface area contributed by atoms with E-state index >= 15 is 0 Å². The lowest BCUT2D eigenvalue weighted by atomic mass is 10.1. The molecule has 1 fully saturated rings. The maximum absolute atomic E-state index is 5.42. The highest BCUT2D eigenvalue weighted by molar-refractivity contribution is 7.71. The third-order valence-corrected chi connectivity index (χ3v) is 3.77. The lowest BCUT2D eigenvalue weighted by Crippen LogP contribution is -2.10. The Labute approximate surface area is 111 Å². The van der Waals surface area contributed by atoms with Crippen LogP contribution in [0, 0.1) is 10.7 Å². The molecule has 1 atom stereocenters. The molecule has 1 aliphatic rings. The molecule has 0 aliphatic carbocycles. The van der Waals surface area contributed by atoms with E-state index in [0.717, 1.165) is 47.7 Å². The summed E-state index contributed by atoms with van der Waals surface area (Å²) in [5, 5.41) is 0. The van der Waals surface area contributed by atoms with E-state index in [-0.39, 0.29) is 0 Å². The number of nitrogens with one attached hydrogen (secondary N) is 1. The van der Waals surface area contributed by atoms with Crippen molar-refractivity contribution in [3.05, 3.63) is 23.0 Å². The summed E-state index contributed by atoms with van der Waals surface area (Å²) in [6, 6.07) is 6.00. The fourth-order valence-corrected chi connectivity index (χ4v) is 2.72. The van der Waals surface area contributed by atoms with Crippen LogP contribution in [0.3, 0.4) is 0 Å². The van der Waals surface area contributed by atoms with Crippen molar-refractivity contribution < 1.29 is 9.47 Å². The van der Waals surface area contributed by atoms with Crippen LogP contribution in [0.5, 0.6) is 5.75 Å². The van der Waals surface area contributed by atoms with Crippen LogP contribution in [0.1, 0.15) is 6.42 Å². The molecule has 1 N–H and O–H groups in total. The monoisotopic (exact) mass is 264 g/mol. The second-order valence-electron chi connectivity index (χ2n) is 4.65. The van der Waals surface area contributed by atoms with Gasteiger partial charge in [0.2, 0.25) is 0 Å². The van der Waals surface area contributed by atoms with Gasteiger partial charge in [0.15, 0.2) is 4.77 Å². The van der Waals surface area contributed by atoms with Crippen molar-refractivity contribution >= 4 is 23.3 Å². The van der Waals surface area contributed by atoms with E-state index in [4.69, 9.17) is 21.7 Å². The van der Waals surface area contributed by atoms with Crippen LogP contribution in [-0.4, -0.2) is 29.9 Å². The number of imidazole rings is 1. The predicted octanol–water partition coefficient (Wildman–Crippen LogP) is 2.74. The standard InChI is InChI=1S/C13H16N2O2S/c1-16-10-2-3-12-11(6-10)14-13(18)15(12)7-9-4-5-17-8-9/h2-3,6,9H,4-5,7-8H2,1H3,(H,14,18). The molecule has 0 amide bonds. The average molecular weight is 264 g/mol. The third-order valence-electron chi connectivity index (χ3n) is 3.45. The van der Waals surface area contributed by atoms with Crippen molar-refractivity contribution in [2.45, 2.75) is 13.0 Å². The largest absolute Gasteiger partial charge is 0.497 e. The van der Waals surface area contributed by atoms with Crippen LogP contribution >= 0.6 is 12.2 Å². The molecule has 0 saturated carbocycles. The minimum absolute atomic E-state index is 0.567. The lowest BCUT2D eigenvalue weighted by molar-refractivity contribution is 0.182. The van der Waals surface area contributed by atoms with Crippen LogP contribution in [0.25, 0.3) is 11.0 Å². The Morgan fingerprint density at radius 3 is 3.17 bits per heavy atom. The molecule has 1 unspecified atom stereocenters. The molecule has 3 rings (SSSR count). The first-order valence-corrected chi connectivity index (χ1v) is 6.53. The van der Waals surface area contributed by atoms with Crippen LogP contribution < -0.4 is 4.74 Å². The van der Waals surface area contributed by atoms with Gasteiger partial charge in [0, 0.05) is 25.1 Å². The maximum Gasteiger partial charge on any atom is 0.178 e. The second kappa shape index (κ2) is 4.74. The normalized spacial score (nSPS) is 19.5. The second-order valence-corrected chi connectivity index (χ2v) is 5.04. The maximum atomic E-state index is 5.42. The molecule has 0 radical (unpaired) electrons. The summed E-state index contributed by atoms with van der Waals surface area (Å²) in [6.45, 7) is 2.63. The van der Waals surface area contributed by atoms with Crippen molar-refractivity contribution in [1.29, 1.82) is 0 Å². The van der Waals surface area contributed by atoms with E-state index in [1.165, 1.54) is 0 Å². The first-order valence-electron chi connectivity index (χ1n) is 6.12. The van der Waals surface area contributed by atoms with Gasteiger partial charge in [-0.1, -0.05) is 0 Å². The summed E-state index contributed by atoms with van der Waals surface area (Å²) >= 11 is 5.39. The first kappa shape index (κ1) is 11.7. The molecular weight excluding hydrogens is 248 g/mol. The zero-order valence-electron chi connectivity index (χ0n) is 10.3. The minimum atomic E-state index is 0.567. The number of aromatic amines is 1. The predicted molar refractivity (Wildman–Crippen MR) is 72.6 cm³/mol. The highest BCUT2D eigenvalue weighted by atomic mass is 32.1. The molecular formula is C13H16N2O2S. The number of hydrogen-bond donors (Lipinski definition) is 1. The van der Waals surface area contributed by atoms with Gasteiger partial charge in [0.05, 0.1) is 24.8 Å². The molecule has 0 spiro atoms. The van der Waals surface area contributed by atoms with E-state index in [0.29, 0.717) is 5.92 Å². The van der Waals surface area contributed by atoms with Gasteiger partial charge in [-0.2, -0.15) is 0 Å². The molecule has 1 aromatic heterocycles. The number of methoxy groups -OCH3 is 1. The van der Waals surface area contributed by atoms with Crippen molar-refractivity contribution in [3.8, 4) is 5.75 Å². The number of benzene rings is 1. The lowest BCUT2D eigenvalue weighted by Gasteiger charge is -2.09. The Morgan fingerprint density at radius 2 is 2.44 bits per heavy atom. The van der Waals surface area contributed by atoms with Gasteiger partial charge in [-0.15, -0.1) is 0 Å². The third kappa shape index (κ3) is 2.04. The van der Waals surface area contributed by atoms with Gasteiger partial charge in [-0.05, 0) is 30.8 Å². The number of fused-ring (bicyclic) bond motifs is 1. The fraction of sp³-hybridized carbons (Fsp3) is 0.462. The number of ether oxygens (including phenoxy) is 2.